The van der Waals surface area contributed by atoms with Gasteiger partial charge in [-0.1, -0.05) is 35.5 Å². The summed E-state index contributed by atoms with van der Waals surface area (Å²) in [5.41, 5.74) is 1.04. The zero-order valence-corrected chi connectivity index (χ0v) is 14.8. The average molecular weight is 363 g/mol. The Kier molecular flexibility index (Phi) is 4.50. The van der Waals surface area contributed by atoms with Crippen LogP contribution in [-0.4, -0.2) is 26.4 Å². The number of halogens is 1. The number of carbonyl (C=O) groups excluding carboxylic acids is 1. The highest BCUT2D eigenvalue weighted by Crippen LogP contribution is 2.45. The molecule has 0 unspecified atom stereocenters. The Bertz CT molecular complexity index is 738. The highest BCUT2D eigenvalue weighted by atomic mass is 35.5. The van der Waals surface area contributed by atoms with E-state index < -0.39 is 0 Å². The van der Waals surface area contributed by atoms with Crippen molar-refractivity contribution < 1.29 is 4.79 Å². The molecule has 0 atom stereocenters. The van der Waals surface area contributed by atoms with Gasteiger partial charge >= 0.3 is 0 Å². The van der Waals surface area contributed by atoms with Crippen LogP contribution >= 0.6 is 23.4 Å². The molecule has 0 spiro atoms. The number of hydrogen-bond donors (Lipinski definition) is 1. The van der Waals surface area contributed by atoms with Crippen molar-refractivity contribution in [3.05, 3.63) is 40.7 Å². The van der Waals surface area contributed by atoms with Crippen molar-refractivity contribution in [2.24, 2.45) is 0 Å². The first-order valence-corrected chi connectivity index (χ1v) is 9.66. The predicted molar refractivity (Wildman–Crippen MR) is 94.3 cm³/mol. The van der Waals surface area contributed by atoms with E-state index in [-0.39, 0.29) is 5.91 Å². The first-order chi connectivity index (χ1) is 11.7. The summed E-state index contributed by atoms with van der Waals surface area (Å²) in [7, 11) is 0. The lowest BCUT2D eigenvalue weighted by Gasteiger charge is -2.08. The molecule has 4 rings (SSSR count). The highest BCUT2D eigenvalue weighted by molar-refractivity contribution is 7.99. The van der Waals surface area contributed by atoms with E-state index in [1.54, 1.807) is 0 Å². The van der Waals surface area contributed by atoms with E-state index in [1.807, 2.05) is 24.3 Å². The van der Waals surface area contributed by atoms with Gasteiger partial charge in [-0.05, 0) is 43.4 Å². The molecule has 1 aromatic heterocycles. The van der Waals surface area contributed by atoms with Crippen molar-refractivity contribution in [2.45, 2.75) is 49.3 Å². The molecule has 1 N–H and O–H groups in total. The van der Waals surface area contributed by atoms with Crippen LogP contribution in [-0.2, 0) is 11.3 Å². The quantitative estimate of drug-likeness (QED) is 0.765. The predicted octanol–water partition coefficient (Wildman–Crippen LogP) is 3.55. The number of thioether (sulfide) groups is 1. The van der Waals surface area contributed by atoms with E-state index in [2.05, 4.69) is 20.1 Å². The minimum absolute atomic E-state index is 0.00766. The summed E-state index contributed by atoms with van der Waals surface area (Å²) in [4.78, 5) is 12.1. The first-order valence-electron chi connectivity index (χ1n) is 8.29. The maximum atomic E-state index is 12.1. The van der Waals surface area contributed by atoms with E-state index in [4.69, 9.17) is 11.6 Å². The third-order valence-corrected chi connectivity index (χ3v) is 5.48. The molecule has 0 radical (unpaired) electrons. The molecule has 2 aliphatic carbocycles. The van der Waals surface area contributed by atoms with Gasteiger partial charge in [0.2, 0.25) is 5.91 Å². The van der Waals surface area contributed by atoms with E-state index in [9.17, 15) is 4.79 Å². The Balaban J connectivity index is 1.31. The summed E-state index contributed by atoms with van der Waals surface area (Å²) >= 11 is 7.34. The largest absolute Gasteiger partial charge is 0.351 e. The Labute approximate surface area is 150 Å². The standard InChI is InChI=1S/C17H19ClN4OS/c18-13-5-1-11(2-6-13)9-19-15(23)10-24-17-21-20-16(12-3-4-12)22(17)14-7-8-14/h1-2,5-6,12,14H,3-4,7-10H2,(H,19,23). The van der Waals surface area contributed by atoms with Crippen LogP contribution in [0.15, 0.2) is 29.4 Å². The van der Waals surface area contributed by atoms with Crippen molar-refractivity contribution in [1.82, 2.24) is 20.1 Å². The van der Waals surface area contributed by atoms with E-state index in [1.165, 1.54) is 37.4 Å². The van der Waals surface area contributed by atoms with Gasteiger partial charge in [-0.25, -0.2) is 0 Å². The average Bonchev–Trinajstić information content (AvgIpc) is 3.51. The van der Waals surface area contributed by atoms with Crippen molar-refractivity contribution in [3.8, 4) is 0 Å². The summed E-state index contributed by atoms with van der Waals surface area (Å²) in [6, 6.07) is 8.04. The van der Waals surface area contributed by atoms with Gasteiger partial charge in [0.25, 0.3) is 0 Å². The molecule has 126 valence electrons. The van der Waals surface area contributed by atoms with Gasteiger partial charge in [-0.15, -0.1) is 10.2 Å². The number of aromatic nitrogens is 3. The normalized spacial score (nSPS) is 17.0. The summed E-state index contributed by atoms with van der Waals surface area (Å²) < 4.78 is 2.27. The molecular formula is C17H19ClN4OS. The fourth-order valence-corrected chi connectivity index (χ4v) is 3.64. The maximum Gasteiger partial charge on any atom is 0.230 e. The summed E-state index contributed by atoms with van der Waals surface area (Å²) in [5, 5.41) is 13.2. The molecular weight excluding hydrogens is 344 g/mol. The third-order valence-electron chi connectivity index (χ3n) is 4.28. The van der Waals surface area contributed by atoms with Crippen LogP contribution in [0.3, 0.4) is 0 Å². The lowest BCUT2D eigenvalue weighted by atomic mass is 10.2. The number of nitrogens with one attached hydrogen (secondary N) is 1. The maximum absolute atomic E-state index is 12.1. The molecule has 0 bridgehead atoms. The summed E-state index contributed by atoms with van der Waals surface area (Å²) in [6.45, 7) is 0.513. The monoisotopic (exact) mass is 362 g/mol. The number of carbonyl (C=O) groups is 1. The molecule has 2 saturated carbocycles. The van der Waals surface area contributed by atoms with Gasteiger partial charge < -0.3 is 9.88 Å². The van der Waals surface area contributed by atoms with E-state index >= 15 is 0 Å². The van der Waals surface area contributed by atoms with Crippen LogP contribution in [0.1, 0.15) is 49.0 Å². The minimum atomic E-state index is 0.00766. The zero-order chi connectivity index (χ0) is 16.5. The molecule has 1 amide bonds. The minimum Gasteiger partial charge on any atom is -0.351 e. The molecule has 1 heterocycles. The van der Waals surface area contributed by atoms with Crippen LogP contribution in [0.2, 0.25) is 5.02 Å². The molecule has 1 aromatic carbocycles. The van der Waals surface area contributed by atoms with Crippen LogP contribution in [0.25, 0.3) is 0 Å². The summed E-state index contributed by atoms with van der Waals surface area (Å²) in [5.74, 6) is 2.09. The fourth-order valence-electron chi connectivity index (χ4n) is 2.67. The molecule has 2 fully saturated rings. The SMILES string of the molecule is O=C(CSc1nnc(C2CC2)n1C1CC1)NCc1ccc(Cl)cc1. The molecule has 0 saturated heterocycles. The summed E-state index contributed by atoms with van der Waals surface area (Å²) in [6.07, 6.45) is 4.84. The van der Waals surface area contributed by atoms with Crippen LogP contribution in [0, 0.1) is 0 Å². The smallest absolute Gasteiger partial charge is 0.230 e. The van der Waals surface area contributed by atoms with Gasteiger partial charge in [0.05, 0.1) is 5.75 Å². The Hall–Kier alpha value is -1.53. The van der Waals surface area contributed by atoms with Crippen LogP contribution in [0.4, 0.5) is 0 Å². The number of rotatable bonds is 7. The first kappa shape index (κ1) is 16.0. The zero-order valence-electron chi connectivity index (χ0n) is 13.2. The molecule has 7 heteroatoms. The second kappa shape index (κ2) is 6.76. The Morgan fingerprint density at radius 3 is 2.62 bits per heavy atom. The number of hydrogen-bond acceptors (Lipinski definition) is 4. The van der Waals surface area contributed by atoms with Crippen molar-refractivity contribution >= 4 is 29.3 Å². The van der Waals surface area contributed by atoms with Gasteiger partial charge in [0, 0.05) is 23.5 Å². The topological polar surface area (TPSA) is 59.8 Å². The van der Waals surface area contributed by atoms with E-state index in [0.717, 1.165) is 16.5 Å². The van der Waals surface area contributed by atoms with Crippen molar-refractivity contribution in [2.75, 3.05) is 5.75 Å². The molecule has 2 aliphatic rings. The van der Waals surface area contributed by atoms with Crippen LogP contribution in [0.5, 0.6) is 0 Å². The Morgan fingerprint density at radius 1 is 1.21 bits per heavy atom. The van der Waals surface area contributed by atoms with Gasteiger partial charge in [-0.2, -0.15) is 0 Å². The Morgan fingerprint density at radius 2 is 1.96 bits per heavy atom. The van der Waals surface area contributed by atoms with Crippen molar-refractivity contribution in [3.63, 3.8) is 0 Å². The molecule has 5 nitrogen and oxygen atoms in total. The fraction of sp³-hybridized carbons (Fsp3) is 0.471. The van der Waals surface area contributed by atoms with Gasteiger partial charge in [-0.3, -0.25) is 4.79 Å². The third kappa shape index (κ3) is 3.75. The van der Waals surface area contributed by atoms with Crippen molar-refractivity contribution in [1.29, 1.82) is 0 Å². The van der Waals surface area contributed by atoms with E-state index in [0.29, 0.717) is 29.3 Å². The number of benzene rings is 1. The van der Waals surface area contributed by atoms with Gasteiger partial charge in [0.15, 0.2) is 5.16 Å². The number of nitrogens with zero attached hydrogens (tertiary/aromatic N) is 3. The molecule has 0 aliphatic heterocycles. The van der Waals surface area contributed by atoms with Gasteiger partial charge in [0.1, 0.15) is 5.82 Å². The van der Waals surface area contributed by atoms with Crippen LogP contribution < -0.4 is 5.32 Å². The lowest BCUT2D eigenvalue weighted by Crippen LogP contribution is -2.24. The number of amides is 1. The second-order valence-electron chi connectivity index (χ2n) is 6.41. The molecule has 2 aromatic rings. The highest BCUT2D eigenvalue weighted by Gasteiger charge is 2.36. The second-order valence-corrected chi connectivity index (χ2v) is 7.79. The molecule has 24 heavy (non-hydrogen) atoms. The lowest BCUT2D eigenvalue weighted by molar-refractivity contribution is -0.118.